The number of carbonyl (C=O) groups excluding carboxylic acids is 3. The van der Waals surface area contributed by atoms with Crippen LogP contribution < -0.4 is 0 Å². The highest BCUT2D eigenvalue weighted by molar-refractivity contribution is 5.71. The molecule has 0 aromatic heterocycles. The van der Waals surface area contributed by atoms with Crippen molar-refractivity contribution in [2.24, 2.45) is 0 Å². The summed E-state index contributed by atoms with van der Waals surface area (Å²) < 4.78 is 16.9. The van der Waals surface area contributed by atoms with Crippen LogP contribution in [-0.4, -0.2) is 37.2 Å². The summed E-state index contributed by atoms with van der Waals surface area (Å²) >= 11 is 0. The van der Waals surface area contributed by atoms with E-state index in [-0.39, 0.29) is 31.1 Å². The van der Waals surface area contributed by atoms with Crippen molar-refractivity contribution in [1.29, 1.82) is 0 Å². The van der Waals surface area contributed by atoms with Gasteiger partial charge in [0.15, 0.2) is 6.10 Å². The first kappa shape index (κ1) is 70.1. The van der Waals surface area contributed by atoms with Crippen molar-refractivity contribution in [1.82, 2.24) is 0 Å². The average molecular weight is 1020 g/mol. The highest BCUT2D eigenvalue weighted by Crippen LogP contribution is 2.17. The molecule has 424 valence electrons. The number of unbranched alkanes of at least 4 members (excludes halogenated alkanes) is 37. The minimum absolute atomic E-state index is 0.0860. The van der Waals surface area contributed by atoms with Gasteiger partial charge in [-0.3, -0.25) is 14.4 Å². The second-order valence-electron chi connectivity index (χ2n) is 21.3. The molecule has 0 bridgehead atoms. The molecule has 6 heteroatoms. The topological polar surface area (TPSA) is 78.9 Å². The minimum atomic E-state index is -0.790. The fourth-order valence-electron chi connectivity index (χ4n) is 9.19. The van der Waals surface area contributed by atoms with Crippen LogP contribution in [-0.2, 0) is 28.6 Å². The third kappa shape index (κ3) is 59.9. The monoisotopic (exact) mass is 1020 g/mol. The summed E-state index contributed by atoms with van der Waals surface area (Å²) in [7, 11) is 0. The summed E-state index contributed by atoms with van der Waals surface area (Å²) in [5.74, 6) is -0.907. The zero-order valence-electron chi connectivity index (χ0n) is 48.7. The smallest absolute Gasteiger partial charge is 0.306 e. The van der Waals surface area contributed by atoms with Crippen LogP contribution in [0.15, 0.2) is 60.8 Å². The van der Waals surface area contributed by atoms with Gasteiger partial charge in [0, 0.05) is 19.3 Å². The third-order valence-corrected chi connectivity index (χ3v) is 14.0. The van der Waals surface area contributed by atoms with Crippen LogP contribution >= 0.6 is 0 Å². The Morgan fingerprint density at radius 1 is 0.274 bits per heavy atom. The number of allylic oxidation sites excluding steroid dienone is 10. The molecular weight excluding hydrogens is 901 g/mol. The van der Waals surface area contributed by atoms with Gasteiger partial charge in [-0.15, -0.1) is 0 Å². The van der Waals surface area contributed by atoms with Gasteiger partial charge in [-0.1, -0.05) is 281 Å². The SMILES string of the molecule is CCCCC/C=C\C/C=C\C/C=C\C/C=C\CCCCCC(=O)OC[C@H](COC(=O)CCCCCCC/C=C\CCCCCCCC)OC(=O)CCCCCCCCCCCCCCCCCCCCCCC. The minimum Gasteiger partial charge on any atom is -0.462 e. The first-order valence-electron chi connectivity index (χ1n) is 31.8. The summed E-state index contributed by atoms with van der Waals surface area (Å²) in [6.07, 6.45) is 77.9. The molecule has 0 aromatic rings. The van der Waals surface area contributed by atoms with E-state index in [9.17, 15) is 14.4 Å². The van der Waals surface area contributed by atoms with Crippen LogP contribution in [0, 0.1) is 0 Å². The Morgan fingerprint density at radius 2 is 0.493 bits per heavy atom. The van der Waals surface area contributed by atoms with Crippen molar-refractivity contribution < 1.29 is 28.6 Å². The van der Waals surface area contributed by atoms with Crippen LogP contribution in [0.5, 0.6) is 0 Å². The fraction of sp³-hybridized carbons (Fsp3) is 0.806. The quantitative estimate of drug-likeness (QED) is 0.0261. The Bertz CT molecular complexity index is 1310. The number of hydrogen-bond donors (Lipinski definition) is 0. The molecule has 6 nitrogen and oxygen atoms in total. The van der Waals surface area contributed by atoms with Gasteiger partial charge in [-0.05, 0) is 89.9 Å². The lowest BCUT2D eigenvalue weighted by molar-refractivity contribution is -0.167. The van der Waals surface area contributed by atoms with Crippen LogP contribution in [0.4, 0.5) is 0 Å². The number of ether oxygens (including phenoxy) is 3. The number of esters is 3. The lowest BCUT2D eigenvalue weighted by Crippen LogP contribution is -2.30. The zero-order chi connectivity index (χ0) is 52.9. The summed E-state index contributed by atoms with van der Waals surface area (Å²) in [5.41, 5.74) is 0. The molecule has 0 heterocycles. The number of hydrogen-bond acceptors (Lipinski definition) is 6. The predicted molar refractivity (Wildman–Crippen MR) is 316 cm³/mol. The normalized spacial score (nSPS) is 12.4. The first-order chi connectivity index (χ1) is 36.0. The van der Waals surface area contributed by atoms with E-state index < -0.39 is 6.10 Å². The van der Waals surface area contributed by atoms with Crippen LogP contribution in [0.2, 0.25) is 0 Å². The van der Waals surface area contributed by atoms with Gasteiger partial charge < -0.3 is 14.2 Å². The first-order valence-corrected chi connectivity index (χ1v) is 31.8. The van der Waals surface area contributed by atoms with E-state index in [4.69, 9.17) is 14.2 Å². The van der Waals surface area contributed by atoms with Gasteiger partial charge in [-0.2, -0.15) is 0 Å². The molecule has 0 saturated heterocycles. The Balaban J connectivity index is 4.39. The van der Waals surface area contributed by atoms with Gasteiger partial charge in [0.05, 0.1) is 0 Å². The van der Waals surface area contributed by atoms with Crippen molar-refractivity contribution in [3.63, 3.8) is 0 Å². The van der Waals surface area contributed by atoms with E-state index in [1.807, 2.05) is 0 Å². The molecule has 0 amide bonds. The molecule has 0 unspecified atom stereocenters. The number of rotatable bonds is 58. The van der Waals surface area contributed by atoms with E-state index >= 15 is 0 Å². The van der Waals surface area contributed by atoms with Crippen molar-refractivity contribution in [3.8, 4) is 0 Å². The maximum absolute atomic E-state index is 12.9. The lowest BCUT2D eigenvalue weighted by atomic mass is 10.0. The van der Waals surface area contributed by atoms with Crippen LogP contribution in [0.1, 0.15) is 329 Å². The molecule has 0 rings (SSSR count). The highest BCUT2D eigenvalue weighted by atomic mass is 16.6. The number of carbonyl (C=O) groups is 3. The molecule has 1 atom stereocenters. The largest absolute Gasteiger partial charge is 0.462 e. The Hall–Kier alpha value is -2.89. The molecule has 0 aliphatic heterocycles. The van der Waals surface area contributed by atoms with E-state index in [1.54, 1.807) is 0 Å². The molecule has 0 aromatic carbocycles. The van der Waals surface area contributed by atoms with E-state index in [1.165, 1.54) is 199 Å². The van der Waals surface area contributed by atoms with Crippen LogP contribution in [0.25, 0.3) is 0 Å². The molecule has 0 aliphatic carbocycles. The maximum Gasteiger partial charge on any atom is 0.306 e. The molecule has 73 heavy (non-hydrogen) atoms. The second-order valence-corrected chi connectivity index (χ2v) is 21.3. The Labute approximate surface area is 453 Å². The lowest BCUT2D eigenvalue weighted by Gasteiger charge is -2.18. The molecule has 0 radical (unpaired) electrons. The third-order valence-electron chi connectivity index (χ3n) is 14.0. The maximum atomic E-state index is 12.9. The molecule has 0 saturated carbocycles. The Morgan fingerprint density at radius 3 is 0.822 bits per heavy atom. The molecule has 0 aliphatic rings. The van der Waals surface area contributed by atoms with Crippen molar-refractivity contribution in [2.45, 2.75) is 335 Å². The van der Waals surface area contributed by atoms with Gasteiger partial charge in [0.25, 0.3) is 0 Å². The fourth-order valence-corrected chi connectivity index (χ4v) is 9.19. The van der Waals surface area contributed by atoms with Gasteiger partial charge >= 0.3 is 17.9 Å². The van der Waals surface area contributed by atoms with E-state index in [0.29, 0.717) is 19.3 Å². The van der Waals surface area contributed by atoms with Crippen molar-refractivity contribution >= 4 is 17.9 Å². The van der Waals surface area contributed by atoms with Gasteiger partial charge in [0.2, 0.25) is 0 Å². The summed E-state index contributed by atoms with van der Waals surface area (Å²) in [6, 6.07) is 0. The zero-order valence-corrected chi connectivity index (χ0v) is 48.7. The molecular formula is C67H120O6. The molecule has 0 fully saturated rings. The molecule has 0 spiro atoms. The van der Waals surface area contributed by atoms with Crippen molar-refractivity contribution in [3.05, 3.63) is 60.8 Å². The van der Waals surface area contributed by atoms with Gasteiger partial charge in [0.1, 0.15) is 13.2 Å². The van der Waals surface area contributed by atoms with E-state index in [0.717, 1.165) is 89.9 Å². The van der Waals surface area contributed by atoms with Crippen LogP contribution in [0.3, 0.4) is 0 Å². The summed E-state index contributed by atoms with van der Waals surface area (Å²) in [5, 5.41) is 0. The standard InChI is InChI=1S/C67H120O6/c1-4-7-10-13-16-19-22-25-28-30-32-33-35-37-40-43-46-49-52-55-58-61-67(70)73-64(62-71-65(68)59-56-53-50-47-44-41-38-27-24-21-18-15-12-9-6-3)63-72-66(69)60-57-54-51-48-45-42-39-36-34-31-29-26-23-20-17-14-11-8-5-2/h17,20,26-27,29,34,36,38,42,45,64H,4-16,18-19,21-25,28,30-33,35,37,39-41,43-44,46-63H2,1-3H3/b20-17-,29-26-,36-34-,38-27-,45-42-/t64-/m0/s1. The Kier molecular flexibility index (Phi) is 59.2. The molecule has 0 N–H and O–H groups in total. The summed E-state index contributed by atoms with van der Waals surface area (Å²) in [6.45, 7) is 6.62. The average Bonchev–Trinajstić information content (AvgIpc) is 3.39. The highest BCUT2D eigenvalue weighted by Gasteiger charge is 2.19. The summed E-state index contributed by atoms with van der Waals surface area (Å²) in [4.78, 5) is 38.3. The van der Waals surface area contributed by atoms with Crippen molar-refractivity contribution in [2.75, 3.05) is 13.2 Å². The predicted octanol–water partition coefficient (Wildman–Crippen LogP) is 21.6. The van der Waals surface area contributed by atoms with E-state index in [2.05, 4.69) is 81.5 Å². The van der Waals surface area contributed by atoms with Gasteiger partial charge in [-0.25, -0.2) is 0 Å². The second kappa shape index (κ2) is 61.7.